The van der Waals surface area contributed by atoms with Gasteiger partial charge in [0.25, 0.3) is 11.8 Å². The molecule has 0 saturated carbocycles. The van der Waals surface area contributed by atoms with E-state index in [0.717, 1.165) is 30.4 Å². The fraction of sp³-hybridized carbons (Fsp3) is 0.375. The van der Waals surface area contributed by atoms with E-state index in [1.807, 2.05) is 26.0 Å². The number of ether oxygens (including phenoxy) is 1. The van der Waals surface area contributed by atoms with Crippen LogP contribution in [0.3, 0.4) is 0 Å². The summed E-state index contributed by atoms with van der Waals surface area (Å²) in [5, 5.41) is 0. The van der Waals surface area contributed by atoms with Crippen molar-refractivity contribution in [1.82, 2.24) is 0 Å². The van der Waals surface area contributed by atoms with Crippen molar-refractivity contribution >= 4 is 23.5 Å². The molecule has 5 nitrogen and oxygen atoms in total. The molecule has 152 valence electrons. The number of imide groups is 1. The molecule has 0 atom stereocenters. The number of hydrogen-bond donors (Lipinski definition) is 0. The maximum Gasteiger partial charge on any atom is 0.338 e. The second-order valence-electron chi connectivity index (χ2n) is 7.52. The summed E-state index contributed by atoms with van der Waals surface area (Å²) >= 11 is 0. The Kier molecular flexibility index (Phi) is 6.47. The van der Waals surface area contributed by atoms with Crippen molar-refractivity contribution in [2.75, 3.05) is 11.5 Å². The van der Waals surface area contributed by atoms with Crippen molar-refractivity contribution in [2.45, 2.75) is 52.9 Å². The van der Waals surface area contributed by atoms with Gasteiger partial charge in [-0.2, -0.15) is 0 Å². The molecule has 0 aromatic heterocycles. The van der Waals surface area contributed by atoms with E-state index >= 15 is 0 Å². The molecular formula is C24H27NO4. The first-order valence-corrected chi connectivity index (χ1v) is 10.2. The number of anilines is 1. The number of esters is 1. The van der Waals surface area contributed by atoms with Crippen LogP contribution in [0.15, 0.2) is 36.4 Å². The van der Waals surface area contributed by atoms with Gasteiger partial charge in [0.15, 0.2) is 0 Å². The SMILES string of the molecule is CCCCCCCOC(=O)c1ccc2c(c1)C(=O)N(c1ccc(C)c(C)c1)C2=O. The van der Waals surface area contributed by atoms with Gasteiger partial charge in [0.2, 0.25) is 0 Å². The van der Waals surface area contributed by atoms with Crippen molar-refractivity contribution in [3.63, 3.8) is 0 Å². The number of nitrogens with zero attached hydrogens (tertiary/aromatic N) is 1. The zero-order chi connectivity index (χ0) is 21.0. The molecule has 0 saturated heterocycles. The summed E-state index contributed by atoms with van der Waals surface area (Å²) in [5.41, 5.74) is 3.47. The van der Waals surface area contributed by atoms with Crippen LogP contribution in [0.4, 0.5) is 5.69 Å². The summed E-state index contributed by atoms with van der Waals surface area (Å²) in [7, 11) is 0. The molecule has 3 rings (SSSR count). The average Bonchev–Trinajstić information content (AvgIpc) is 2.96. The Balaban J connectivity index is 1.72. The minimum absolute atomic E-state index is 0.241. The molecule has 0 radical (unpaired) electrons. The molecule has 2 amide bonds. The monoisotopic (exact) mass is 393 g/mol. The summed E-state index contributed by atoms with van der Waals surface area (Å²) in [6, 6.07) is 10.0. The Labute approximate surface area is 171 Å². The molecule has 0 spiro atoms. The highest BCUT2D eigenvalue weighted by Gasteiger charge is 2.37. The van der Waals surface area contributed by atoms with Gasteiger partial charge in [-0.3, -0.25) is 9.59 Å². The number of carbonyl (C=O) groups excluding carboxylic acids is 3. The average molecular weight is 393 g/mol. The third-order valence-electron chi connectivity index (χ3n) is 5.35. The van der Waals surface area contributed by atoms with Crippen molar-refractivity contribution in [2.24, 2.45) is 0 Å². The van der Waals surface area contributed by atoms with Gasteiger partial charge in [-0.25, -0.2) is 9.69 Å². The lowest BCUT2D eigenvalue weighted by Gasteiger charge is -2.15. The van der Waals surface area contributed by atoms with Crippen LogP contribution in [0.2, 0.25) is 0 Å². The topological polar surface area (TPSA) is 63.7 Å². The highest BCUT2D eigenvalue weighted by Crippen LogP contribution is 2.30. The van der Waals surface area contributed by atoms with Crippen LogP contribution < -0.4 is 4.90 Å². The molecule has 0 bridgehead atoms. The van der Waals surface area contributed by atoms with Gasteiger partial charge >= 0.3 is 5.97 Å². The second-order valence-corrected chi connectivity index (χ2v) is 7.52. The maximum absolute atomic E-state index is 12.9. The highest BCUT2D eigenvalue weighted by atomic mass is 16.5. The number of carbonyl (C=O) groups is 3. The van der Waals surface area contributed by atoms with E-state index in [2.05, 4.69) is 6.92 Å². The fourth-order valence-electron chi connectivity index (χ4n) is 3.42. The van der Waals surface area contributed by atoms with E-state index in [9.17, 15) is 14.4 Å². The van der Waals surface area contributed by atoms with Gasteiger partial charge in [-0.1, -0.05) is 38.7 Å². The molecule has 1 aliphatic heterocycles. The Morgan fingerprint density at radius 1 is 0.862 bits per heavy atom. The summed E-state index contributed by atoms with van der Waals surface area (Å²) in [6.07, 6.45) is 5.35. The summed E-state index contributed by atoms with van der Waals surface area (Å²) < 4.78 is 5.32. The lowest BCUT2D eigenvalue weighted by Crippen LogP contribution is -2.29. The van der Waals surface area contributed by atoms with E-state index < -0.39 is 11.9 Å². The number of fused-ring (bicyclic) bond motifs is 1. The van der Waals surface area contributed by atoms with Gasteiger partial charge < -0.3 is 4.74 Å². The van der Waals surface area contributed by atoms with E-state index in [4.69, 9.17) is 4.74 Å². The Hall–Kier alpha value is -2.95. The summed E-state index contributed by atoms with van der Waals surface area (Å²) in [4.78, 5) is 39.2. The van der Waals surface area contributed by atoms with Crippen LogP contribution in [0.1, 0.15) is 81.2 Å². The number of aryl methyl sites for hydroxylation is 2. The summed E-state index contributed by atoms with van der Waals surface area (Å²) in [6.45, 7) is 6.43. The fourth-order valence-corrected chi connectivity index (χ4v) is 3.42. The van der Waals surface area contributed by atoms with Crippen molar-refractivity contribution in [3.05, 3.63) is 64.2 Å². The third kappa shape index (κ3) is 4.39. The maximum atomic E-state index is 12.9. The minimum atomic E-state index is -0.465. The molecule has 0 aliphatic carbocycles. The Morgan fingerprint density at radius 2 is 1.59 bits per heavy atom. The van der Waals surface area contributed by atoms with Crippen LogP contribution in [-0.4, -0.2) is 24.4 Å². The first-order chi connectivity index (χ1) is 13.9. The zero-order valence-corrected chi connectivity index (χ0v) is 17.3. The van der Waals surface area contributed by atoms with Crippen molar-refractivity contribution < 1.29 is 19.1 Å². The molecule has 1 aliphatic rings. The smallest absolute Gasteiger partial charge is 0.338 e. The van der Waals surface area contributed by atoms with Gasteiger partial charge in [0.05, 0.1) is 29.0 Å². The molecular weight excluding hydrogens is 366 g/mol. The molecule has 2 aromatic carbocycles. The lowest BCUT2D eigenvalue weighted by molar-refractivity contribution is 0.0497. The van der Waals surface area contributed by atoms with Crippen molar-refractivity contribution in [1.29, 1.82) is 0 Å². The van der Waals surface area contributed by atoms with Crippen molar-refractivity contribution in [3.8, 4) is 0 Å². The zero-order valence-electron chi connectivity index (χ0n) is 17.3. The van der Waals surface area contributed by atoms with Gasteiger partial charge in [0.1, 0.15) is 0 Å². The van der Waals surface area contributed by atoms with Gasteiger partial charge in [-0.15, -0.1) is 0 Å². The lowest BCUT2D eigenvalue weighted by atomic mass is 10.1. The van der Waals surface area contributed by atoms with Gasteiger partial charge in [0, 0.05) is 0 Å². The molecule has 0 fully saturated rings. The van der Waals surface area contributed by atoms with Crippen LogP contribution >= 0.6 is 0 Å². The first kappa shape index (κ1) is 20.8. The minimum Gasteiger partial charge on any atom is -0.462 e. The van der Waals surface area contributed by atoms with E-state index in [-0.39, 0.29) is 11.5 Å². The first-order valence-electron chi connectivity index (χ1n) is 10.2. The Bertz CT molecular complexity index is 948. The molecule has 29 heavy (non-hydrogen) atoms. The molecule has 0 unspecified atom stereocenters. The van der Waals surface area contributed by atoms with Crippen LogP contribution in [-0.2, 0) is 4.74 Å². The van der Waals surface area contributed by atoms with E-state index in [1.54, 1.807) is 12.1 Å². The standard InChI is InChI=1S/C24H27NO4/c1-4-5-6-7-8-13-29-24(28)18-10-12-20-21(15-18)23(27)25(22(20)26)19-11-9-16(2)17(3)14-19/h9-12,14-15H,4-8,13H2,1-3H3. The Morgan fingerprint density at radius 3 is 2.31 bits per heavy atom. The quantitative estimate of drug-likeness (QED) is 0.350. The molecule has 2 aromatic rings. The largest absolute Gasteiger partial charge is 0.462 e. The number of rotatable bonds is 8. The number of amides is 2. The highest BCUT2D eigenvalue weighted by molar-refractivity contribution is 6.34. The normalized spacial score (nSPS) is 13.0. The van der Waals surface area contributed by atoms with E-state index in [0.29, 0.717) is 23.4 Å². The number of unbranched alkanes of at least 4 members (excludes halogenated alkanes) is 4. The van der Waals surface area contributed by atoms with E-state index in [1.165, 1.54) is 29.9 Å². The predicted molar refractivity (Wildman–Crippen MR) is 113 cm³/mol. The molecule has 1 heterocycles. The summed E-state index contributed by atoms with van der Waals surface area (Å²) in [5.74, 6) is -1.25. The third-order valence-corrected chi connectivity index (χ3v) is 5.35. The second kappa shape index (κ2) is 9.03. The number of hydrogen-bond acceptors (Lipinski definition) is 4. The molecule has 5 heteroatoms. The van der Waals surface area contributed by atoms with Crippen LogP contribution in [0.5, 0.6) is 0 Å². The van der Waals surface area contributed by atoms with Crippen LogP contribution in [0.25, 0.3) is 0 Å². The predicted octanol–water partition coefficient (Wildman–Crippen LogP) is 5.23. The molecule has 0 N–H and O–H groups in total. The van der Waals surface area contributed by atoms with Crippen LogP contribution in [0, 0.1) is 13.8 Å². The number of benzene rings is 2. The van der Waals surface area contributed by atoms with Gasteiger partial charge in [-0.05, 0) is 61.7 Å².